The van der Waals surface area contributed by atoms with Gasteiger partial charge in [-0.1, -0.05) is 127 Å². The highest BCUT2D eigenvalue weighted by Gasteiger charge is 2.20. The average Bonchev–Trinajstić information content (AvgIpc) is 3.81. The van der Waals surface area contributed by atoms with Crippen LogP contribution in [0.1, 0.15) is 0 Å². The van der Waals surface area contributed by atoms with Crippen LogP contribution < -0.4 is 4.90 Å². The molecule has 2 aromatic heterocycles. The Balaban J connectivity index is 1.14. The lowest BCUT2D eigenvalue weighted by atomic mass is 10.0. The predicted molar refractivity (Wildman–Crippen MR) is 215 cm³/mol. The largest absolute Gasteiger partial charge is 0.456 e. The predicted octanol–water partition coefficient (Wildman–Crippen LogP) is 13.8. The number of anilines is 3. The summed E-state index contributed by atoms with van der Waals surface area (Å²) in [5.41, 5.74) is 11.7. The zero-order valence-electron chi connectivity index (χ0n) is 27.5. The Kier molecular flexibility index (Phi) is 7.00. The highest BCUT2D eigenvalue weighted by molar-refractivity contribution is 7.21. The molecule has 0 saturated heterocycles. The van der Waals surface area contributed by atoms with Crippen molar-refractivity contribution >= 4 is 71.3 Å². The van der Waals surface area contributed by atoms with E-state index < -0.39 is 0 Å². The van der Waals surface area contributed by atoms with Crippen molar-refractivity contribution < 1.29 is 4.42 Å². The number of hydrogen-bond acceptors (Lipinski definition) is 4. The summed E-state index contributed by atoms with van der Waals surface area (Å²) in [6.07, 6.45) is 0. The van der Waals surface area contributed by atoms with Crippen molar-refractivity contribution in [2.75, 3.05) is 4.90 Å². The smallest absolute Gasteiger partial charge is 0.137 e. The van der Waals surface area contributed by atoms with Crippen molar-refractivity contribution in [1.82, 2.24) is 4.98 Å². The first-order valence-corrected chi connectivity index (χ1v) is 17.9. The highest BCUT2D eigenvalue weighted by Crippen LogP contribution is 2.44. The van der Waals surface area contributed by atoms with Crippen LogP contribution in [-0.4, -0.2) is 4.98 Å². The second-order valence-electron chi connectivity index (χ2n) is 12.8. The molecule has 0 atom stereocenters. The molecule has 0 aliphatic heterocycles. The Bertz CT molecular complexity index is 2790. The first kappa shape index (κ1) is 29.4. The van der Waals surface area contributed by atoms with E-state index in [-0.39, 0.29) is 0 Å². The summed E-state index contributed by atoms with van der Waals surface area (Å²) in [4.78, 5) is 7.53. The molecule has 4 heteroatoms. The normalized spacial score (nSPS) is 11.5. The van der Waals surface area contributed by atoms with Crippen molar-refractivity contribution in [3.63, 3.8) is 0 Å². The van der Waals surface area contributed by atoms with Crippen LogP contribution in [0.2, 0.25) is 0 Å². The van der Waals surface area contributed by atoms with Gasteiger partial charge in [0.25, 0.3) is 0 Å². The molecule has 0 radical (unpaired) electrons. The summed E-state index contributed by atoms with van der Waals surface area (Å²) in [6, 6.07) is 64.3. The van der Waals surface area contributed by atoms with Crippen molar-refractivity contribution in [3.8, 4) is 32.8 Å². The van der Waals surface area contributed by atoms with Gasteiger partial charge in [0.1, 0.15) is 16.2 Å². The van der Waals surface area contributed by atoms with E-state index in [2.05, 4.69) is 187 Å². The van der Waals surface area contributed by atoms with Gasteiger partial charge in [-0.15, -0.1) is 11.3 Å². The lowest BCUT2D eigenvalue weighted by Gasteiger charge is -2.26. The number of fused-ring (bicyclic) bond motifs is 6. The number of furan rings is 1. The quantitative estimate of drug-likeness (QED) is 0.176. The fraction of sp³-hybridized carbons (Fsp3) is 0. The van der Waals surface area contributed by atoms with E-state index in [9.17, 15) is 0 Å². The molecule has 2 heterocycles. The maximum atomic E-state index is 6.66. The van der Waals surface area contributed by atoms with Crippen LogP contribution in [0.25, 0.3) is 75.8 Å². The minimum atomic E-state index is 0.838. The molecule has 0 saturated carbocycles. The zero-order valence-corrected chi connectivity index (χ0v) is 28.3. The van der Waals surface area contributed by atoms with Crippen LogP contribution in [-0.2, 0) is 0 Å². The van der Waals surface area contributed by atoms with Crippen LogP contribution in [0.4, 0.5) is 17.1 Å². The van der Waals surface area contributed by atoms with E-state index in [1.54, 1.807) is 11.3 Å². The molecule has 240 valence electrons. The van der Waals surface area contributed by atoms with E-state index in [1.165, 1.54) is 26.6 Å². The van der Waals surface area contributed by atoms with Gasteiger partial charge in [-0.25, -0.2) is 4.98 Å². The topological polar surface area (TPSA) is 29.3 Å². The Morgan fingerprint density at radius 3 is 1.80 bits per heavy atom. The third-order valence-corrected chi connectivity index (χ3v) is 10.7. The van der Waals surface area contributed by atoms with E-state index >= 15 is 0 Å². The van der Waals surface area contributed by atoms with Crippen LogP contribution >= 0.6 is 11.3 Å². The molecule has 0 spiro atoms. The second kappa shape index (κ2) is 12.1. The van der Waals surface area contributed by atoms with Gasteiger partial charge in [-0.05, 0) is 76.2 Å². The molecule has 10 aromatic rings. The summed E-state index contributed by atoms with van der Waals surface area (Å²) in [5, 5.41) is 5.54. The van der Waals surface area contributed by atoms with E-state index in [0.29, 0.717) is 0 Å². The third-order valence-electron chi connectivity index (χ3n) is 9.68. The minimum absolute atomic E-state index is 0.838. The molecular weight excluding hydrogens is 641 g/mol. The summed E-state index contributed by atoms with van der Waals surface area (Å²) < 4.78 is 7.84. The number of rotatable bonds is 6. The maximum absolute atomic E-state index is 6.66. The molecule has 0 amide bonds. The van der Waals surface area contributed by atoms with E-state index in [4.69, 9.17) is 9.40 Å². The number of aromatic nitrogens is 1. The van der Waals surface area contributed by atoms with E-state index in [0.717, 1.165) is 66.2 Å². The van der Waals surface area contributed by atoms with Crippen LogP contribution in [0, 0.1) is 0 Å². The molecule has 0 aliphatic carbocycles. The lowest BCUT2D eigenvalue weighted by Crippen LogP contribution is -2.10. The SMILES string of the molecule is c1ccc(-c2cccc(N(c3cccc(-c4ccccc4)c3)c3ccc4c(c3)oc3cccc(-c5nc6c(ccc7ccccc76)s5)c34)c2)cc1. The average molecular weight is 671 g/mol. The van der Waals surface area contributed by atoms with Gasteiger partial charge in [0.2, 0.25) is 0 Å². The van der Waals surface area contributed by atoms with Crippen LogP contribution in [0.5, 0.6) is 0 Å². The van der Waals surface area contributed by atoms with Crippen molar-refractivity contribution in [3.05, 3.63) is 182 Å². The molecule has 0 unspecified atom stereocenters. The van der Waals surface area contributed by atoms with Gasteiger partial charge < -0.3 is 9.32 Å². The fourth-order valence-electron chi connectivity index (χ4n) is 7.27. The summed E-state index contributed by atoms with van der Waals surface area (Å²) in [6.45, 7) is 0. The first-order valence-electron chi connectivity index (χ1n) is 17.1. The standard InChI is InChI=1S/C47H30N2OS/c1-3-12-31(13-4-1)34-17-9-19-36(28-34)49(37-20-10-18-35(29-37)32-14-5-2-6-15-32)38-25-26-40-43(30-38)50-42-23-11-22-41(45(40)42)47-48-46-39-21-8-7-16-33(39)24-27-44(46)51-47/h1-30H. The fourth-order valence-corrected chi connectivity index (χ4v) is 8.28. The molecule has 0 bridgehead atoms. The maximum Gasteiger partial charge on any atom is 0.137 e. The van der Waals surface area contributed by atoms with Crippen LogP contribution in [0.15, 0.2) is 186 Å². The van der Waals surface area contributed by atoms with E-state index in [1.807, 2.05) is 0 Å². The molecule has 0 aliphatic rings. The molecular formula is C47H30N2OS. The van der Waals surface area contributed by atoms with Gasteiger partial charge in [-0.3, -0.25) is 0 Å². The highest BCUT2D eigenvalue weighted by atomic mass is 32.1. The van der Waals surface area contributed by atoms with Crippen LogP contribution in [0.3, 0.4) is 0 Å². The second-order valence-corrected chi connectivity index (χ2v) is 13.8. The summed E-state index contributed by atoms with van der Waals surface area (Å²) >= 11 is 1.73. The molecule has 8 aromatic carbocycles. The van der Waals surface area contributed by atoms with Crippen molar-refractivity contribution in [2.45, 2.75) is 0 Å². The lowest BCUT2D eigenvalue weighted by molar-refractivity contribution is 0.669. The number of hydrogen-bond donors (Lipinski definition) is 0. The zero-order chi connectivity index (χ0) is 33.7. The van der Waals surface area contributed by atoms with Crippen molar-refractivity contribution in [2.24, 2.45) is 0 Å². The third kappa shape index (κ3) is 5.16. The Labute approximate surface area is 299 Å². The van der Waals surface area contributed by atoms with Crippen molar-refractivity contribution in [1.29, 1.82) is 0 Å². The molecule has 0 N–H and O–H groups in total. The Hall–Kier alpha value is -6.49. The van der Waals surface area contributed by atoms with Gasteiger partial charge in [0, 0.05) is 44.9 Å². The van der Waals surface area contributed by atoms with Gasteiger partial charge >= 0.3 is 0 Å². The Morgan fingerprint density at radius 2 is 1.08 bits per heavy atom. The molecule has 10 rings (SSSR count). The van der Waals surface area contributed by atoms with Gasteiger partial charge in [0.05, 0.1) is 10.2 Å². The molecule has 3 nitrogen and oxygen atoms in total. The Morgan fingerprint density at radius 1 is 0.451 bits per heavy atom. The van der Waals surface area contributed by atoms with Gasteiger partial charge in [-0.2, -0.15) is 0 Å². The number of nitrogens with zero attached hydrogens (tertiary/aromatic N) is 2. The number of benzene rings is 8. The molecule has 51 heavy (non-hydrogen) atoms. The summed E-state index contributed by atoms with van der Waals surface area (Å²) in [5.74, 6) is 0. The molecule has 0 fully saturated rings. The number of thiazole rings is 1. The first-order chi connectivity index (χ1) is 25.3. The van der Waals surface area contributed by atoms with Gasteiger partial charge in [0.15, 0.2) is 0 Å². The summed E-state index contributed by atoms with van der Waals surface area (Å²) in [7, 11) is 0. The minimum Gasteiger partial charge on any atom is -0.456 e. The monoisotopic (exact) mass is 670 g/mol.